The second kappa shape index (κ2) is 8.18. The van der Waals surface area contributed by atoms with Crippen LogP contribution in [0.5, 0.6) is 0 Å². The maximum absolute atomic E-state index is 12.0. The van der Waals surface area contributed by atoms with Crippen molar-refractivity contribution >= 4 is 42.7 Å². The lowest BCUT2D eigenvalue weighted by Gasteiger charge is -2.10. The van der Waals surface area contributed by atoms with Crippen LogP contribution in [0.1, 0.15) is 6.92 Å². The van der Waals surface area contributed by atoms with E-state index in [0.717, 1.165) is 6.26 Å². The Bertz CT molecular complexity index is 1230. The minimum atomic E-state index is -3.30. The molecule has 1 aromatic heterocycles. The van der Waals surface area contributed by atoms with Crippen LogP contribution in [0.15, 0.2) is 70.7 Å². The summed E-state index contributed by atoms with van der Waals surface area (Å²) in [6.07, 6.45) is 2.51. The van der Waals surface area contributed by atoms with E-state index in [4.69, 9.17) is 0 Å². The van der Waals surface area contributed by atoms with Crippen LogP contribution >= 0.6 is 0 Å². The second-order valence-electron chi connectivity index (χ2n) is 6.27. The lowest BCUT2D eigenvalue weighted by Crippen LogP contribution is -2.04. The van der Waals surface area contributed by atoms with Gasteiger partial charge in [0, 0.05) is 23.7 Å². The highest BCUT2D eigenvalue weighted by Crippen LogP contribution is 2.22. The Morgan fingerprint density at radius 1 is 0.793 bits per heavy atom. The van der Waals surface area contributed by atoms with Gasteiger partial charge in [-0.15, -0.1) is 0 Å². The van der Waals surface area contributed by atoms with Gasteiger partial charge >= 0.3 is 0 Å². The maximum Gasteiger partial charge on any atom is 0.178 e. The largest absolute Gasteiger partial charge is 0.340 e. The molecule has 2 aromatic carbocycles. The predicted octanol–water partition coefficient (Wildman–Crippen LogP) is 3.16. The maximum atomic E-state index is 12.0. The average Bonchev–Trinajstić information content (AvgIpc) is 2.68. The van der Waals surface area contributed by atoms with Crippen LogP contribution < -0.4 is 10.6 Å². The van der Waals surface area contributed by atoms with E-state index in [1.54, 1.807) is 49.4 Å². The van der Waals surface area contributed by atoms with E-state index < -0.39 is 19.7 Å². The minimum absolute atomic E-state index is 0.0240. The minimum Gasteiger partial charge on any atom is -0.340 e. The van der Waals surface area contributed by atoms with Gasteiger partial charge in [0.25, 0.3) is 0 Å². The third-order valence-electron chi connectivity index (χ3n) is 4.07. The van der Waals surface area contributed by atoms with Crippen LogP contribution in [0.3, 0.4) is 0 Å². The summed E-state index contributed by atoms with van der Waals surface area (Å²) in [6, 6.07) is 14.5. The van der Waals surface area contributed by atoms with Gasteiger partial charge in [-0.3, -0.25) is 0 Å². The normalized spacial score (nSPS) is 11.8. The zero-order chi connectivity index (χ0) is 21.1. The Labute approximate surface area is 169 Å². The first-order valence-corrected chi connectivity index (χ1v) is 12.2. The quantitative estimate of drug-likeness (QED) is 0.584. The first-order chi connectivity index (χ1) is 13.7. The molecule has 2 N–H and O–H groups in total. The molecule has 3 aromatic rings. The number of nitrogens with zero attached hydrogens (tertiary/aromatic N) is 2. The van der Waals surface area contributed by atoms with Crippen LogP contribution in [-0.4, -0.2) is 38.8 Å². The lowest BCUT2D eigenvalue weighted by atomic mass is 10.3. The van der Waals surface area contributed by atoms with E-state index in [1.807, 2.05) is 0 Å². The number of sulfone groups is 2. The molecule has 3 rings (SSSR count). The second-order valence-corrected chi connectivity index (χ2v) is 10.6. The van der Waals surface area contributed by atoms with Crippen molar-refractivity contribution in [1.29, 1.82) is 0 Å². The van der Waals surface area contributed by atoms with Gasteiger partial charge < -0.3 is 10.6 Å². The van der Waals surface area contributed by atoms with Crippen molar-refractivity contribution in [3.8, 4) is 0 Å². The monoisotopic (exact) mass is 432 g/mol. The Morgan fingerprint density at radius 3 is 2.00 bits per heavy atom. The van der Waals surface area contributed by atoms with Crippen molar-refractivity contribution in [1.82, 2.24) is 9.97 Å². The molecule has 10 heteroatoms. The van der Waals surface area contributed by atoms with Crippen molar-refractivity contribution in [2.75, 3.05) is 22.6 Å². The van der Waals surface area contributed by atoms with E-state index in [9.17, 15) is 16.8 Å². The molecule has 0 saturated carbocycles. The van der Waals surface area contributed by atoms with E-state index >= 15 is 0 Å². The van der Waals surface area contributed by atoms with E-state index in [2.05, 4.69) is 20.6 Å². The molecule has 0 aliphatic carbocycles. The summed E-state index contributed by atoms with van der Waals surface area (Å²) in [5.74, 6) is 0.990. The Kier molecular flexibility index (Phi) is 5.85. The summed E-state index contributed by atoms with van der Waals surface area (Å²) in [6.45, 7) is 1.60. The predicted molar refractivity (Wildman–Crippen MR) is 112 cm³/mol. The number of rotatable bonds is 7. The van der Waals surface area contributed by atoms with Gasteiger partial charge in [-0.05, 0) is 42.5 Å². The van der Waals surface area contributed by atoms with Crippen molar-refractivity contribution in [2.24, 2.45) is 0 Å². The summed E-state index contributed by atoms with van der Waals surface area (Å²) in [5, 5.41) is 6.13. The number of anilines is 4. The summed E-state index contributed by atoms with van der Waals surface area (Å²) in [7, 11) is -6.56. The van der Waals surface area contributed by atoms with Crippen molar-refractivity contribution in [3.05, 3.63) is 60.9 Å². The summed E-state index contributed by atoms with van der Waals surface area (Å²) in [5.41, 5.74) is 1.25. The van der Waals surface area contributed by atoms with Gasteiger partial charge in [0.1, 0.15) is 18.0 Å². The third kappa shape index (κ3) is 5.30. The number of aromatic nitrogens is 2. The van der Waals surface area contributed by atoms with Crippen LogP contribution in [-0.2, 0) is 19.7 Å². The number of benzene rings is 2. The molecule has 29 heavy (non-hydrogen) atoms. The summed E-state index contributed by atoms with van der Waals surface area (Å²) < 4.78 is 47.2. The fourth-order valence-electron chi connectivity index (χ4n) is 2.51. The van der Waals surface area contributed by atoms with Gasteiger partial charge in [-0.1, -0.05) is 13.0 Å². The van der Waals surface area contributed by atoms with Crippen molar-refractivity contribution in [3.63, 3.8) is 0 Å². The molecule has 0 spiro atoms. The van der Waals surface area contributed by atoms with Gasteiger partial charge in [-0.2, -0.15) is 0 Å². The zero-order valence-electron chi connectivity index (χ0n) is 15.8. The van der Waals surface area contributed by atoms with Crippen LogP contribution in [0.4, 0.5) is 23.0 Å². The van der Waals surface area contributed by atoms with Gasteiger partial charge in [-0.25, -0.2) is 26.8 Å². The number of hydrogen-bond donors (Lipinski definition) is 2. The molecule has 1 heterocycles. The Hall–Kier alpha value is -2.98. The molecule has 0 atom stereocenters. The SMILES string of the molecule is CCS(=O)(=O)c1cccc(Nc2cc(Nc3ccc(S(C)(=O)=O)cc3)ncn2)c1. The summed E-state index contributed by atoms with van der Waals surface area (Å²) in [4.78, 5) is 8.76. The number of nitrogens with one attached hydrogen (secondary N) is 2. The van der Waals surface area contributed by atoms with Gasteiger partial charge in [0.05, 0.1) is 15.5 Å². The molecule has 0 unspecified atom stereocenters. The standard InChI is InChI=1S/C19H20N4O4S2/c1-3-29(26,27)17-6-4-5-15(11-17)23-19-12-18(20-13-21-19)22-14-7-9-16(10-8-14)28(2,24)25/h4-13H,3H2,1-2H3,(H2,20,21,22,23). The van der Waals surface area contributed by atoms with Gasteiger partial charge in [0.2, 0.25) is 0 Å². The Balaban J connectivity index is 1.77. The first-order valence-electron chi connectivity index (χ1n) is 8.66. The van der Waals surface area contributed by atoms with E-state index in [0.29, 0.717) is 23.0 Å². The lowest BCUT2D eigenvalue weighted by molar-refractivity contribution is 0.596. The molecular formula is C19H20N4O4S2. The molecule has 152 valence electrons. The van der Waals surface area contributed by atoms with Gasteiger partial charge in [0.15, 0.2) is 19.7 Å². The molecule has 0 aliphatic heterocycles. The zero-order valence-corrected chi connectivity index (χ0v) is 17.5. The molecule has 0 amide bonds. The van der Waals surface area contributed by atoms with E-state index in [-0.39, 0.29) is 15.5 Å². The number of hydrogen-bond acceptors (Lipinski definition) is 8. The van der Waals surface area contributed by atoms with Crippen molar-refractivity contribution < 1.29 is 16.8 Å². The first kappa shape index (κ1) is 20.7. The fourth-order valence-corrected chi connectivity index (χ4v) is 4.07. The van der Waals surface area contributed by atoms with Crippen LogP contribution in [0, 0.1) is 0 Å². The van der Waals surface area contributed by atoms with E-state index in [1.165, 1.54) is 18.5 Å². The fraction of sp³-hybridized carbons (Fsp3) is 0.158. The van der Waals surface area contributed by atoms with Crippen molar-refractivity contribution in [2.45, 2.75) is 16.7 Å². The molecule has 0 radical (unpaired) electrons. The highest BCUT2D eigenvalue weighted by atomic mass is 32.2. The molecule has 0 fully saturated rings. The van der Waals surface area contributed by atoms with Crippen LogP contribution in [0.2, 0.25) is 0 Å². The average molecular weight is 433 g/mol. The summed E-state index contributed by atoms with van der Waals surface area (Å²) >= 11 is 0. The Morgan fingerprint density at radius 2 is 1.41 bits per heavy atom. The molecule has 0 aliphatic rings. The topological polar surface area (TPSA) is 118 Å². The molecule has 8 nitrogen and oxygen atoms in total. The molecule has 0 bridgehead atoms. The smallest absolute Gasteiger partial charge is 0.178 e. The molecular weight excluding hydrogens is 412 g/mol. The highest BCUT2D eigenvalue weighted by Gasteiger charge is 2.12. The third-order valence-corrected chi connectivity index (χ3v) is 6.93. The highest BCUT2D eigenvalue weighted by molar-refractivity contribution is 7.91. The van der Waals surface area contributed by atoms with Crippen LogP contribution in [0.25, 0.3) is 0 Å². The molecule has 0 saturated heterocycles.